The maximum absolute atomic E-state index is 11.8. The number of hydrogen-bond acceptors (Lipinski definition) is 4. The smallest absolute Gasteiger partial charge is 0.242 e. The number of carbonyl (C=O) groups is 1. The largest absolute Gasteiger partial charge is 0.394 e. The maximum Gasteiger partial charge on any atom is 0.242 e. The first-order valence-electron chi connectivity index (χ1n) is 5.33. The number of piperazine rings is 1. The Balaban J connectivity index is 2.02. The zero-order valence-corrected chi connectivity index (χ0v) is 8.97. The van der Waals surface area contributed by atoms with Crippen molar-refractivity contribution in [3.63, 3.8) is 0 Å². The Kier molecular flexibility index (Phi) is 3.48. The van der Waals surface area contributed by atoms with Gasteiger partial charge in [-0.2, -0.15) is 0 Å². The topological polar surface area (TPSA) is 65.5 Å². The van der Waals surface area contributed by atoms with E-state index in [4.69, 9.17) is 5.11 Å². The summed E-state index contributed by atoms with van der Waals surface area (Å²) in [6.45, 7) is 1.80. The molecule has 0 saturated carbocycles. The standard InChI is InChI=1S/C11H15N3O2/c15-8-10-11(16)14(5-4-13-10)7-9-2-1-3-12-6-9/h1-3,6,10,13,15H,4-5,7-8H2. The zero-order valence-electron chi connectivity index (χ0n) is 8.97. The molecule has 0 spiro atoms. The molecule has 1 atom stereocenters. The van der Waals surface area contributed by atoms with E-state index in [0.29, 0.717) is 13.1 Å². The summed E-state index contributed by atoms with van der Waals surface area (Å²) in [5.74, 6) is -0.0439. The van der Waals surface area contributed by atoms with Crippen LogP contribution >= 0.6 is 0 Å². The fourth-order valence-corrected chi connectivity index (χ4v) is 1.80. The van der Waals surface area contributed by atoms with Gasteiger partial charge in [0.2, 0.25) is 5.91 Å². The van der Waals surface area contributed by atoms with Crippen LogP contribution in [0.3, 0.4) is 0 Å². The van der Waals surface area contributed by atoms with Crippen molar-refractivity contribution in [3.05, 3.63) is 30.1 Å². The number of aromatic nitrogens is 1. The SMILES string of the molecule is O=C1C(CO)NCCN1Cc1cccnc1. The average molecular weight is 221 g/mol. The highest BCUT2D eigenvalue weighted by Gasteiger charge is 2.27. The lowest BCUT2D eigenvalue weighted by atomic mass is 10.2. The molecule has 0 aromatic carbocycles. The number of aliphatic hydroxyl groups is 1. The molecule has 5 heteroatoms. The van der Waals surface area contributed by atoms with Crippen LogP contribution in [-0.4, -0.2) is 46.6 Å². The van der Waals surface area contributed by atoms with Crippen molar-refractivity contribution in [2.24, 2.45) is 0 Å². The van der Waals surface area contributed by atoms with Crippen molar-refractivity contribution < 1.29 is 9.90 Å². The summed E-state index contributed by atoms with van der Waals surface area (Å²) in [4.78, 5) is 17.6. The van der Waals surface area contributed by atoms with Crippen molar-refractivity contribution in [3.8, 4) is 0 Å². The second-order valence-electron chi connectivity index (χ2n) is 3.81. The predicted octanol–water partition coefficient (Wildman–Crippen LogP) is -0.626. The summed E-state index contributed by atoms with van der Waals surface area (Å²) >= 11 is 0. The molecule has 1 aromatic heterocycles. The van der Waals surface area contributed by atoms with Crippen molar-refractivity contribution in [1.29, 1.82) is 0 Å². The number of nitrogens with zero attached hydrogens (tertiary/aromatic N) is 2. The Morgan fingerprint density at radius 3 is 3.19 bits per heavy atom. The van der Waals surface area contributed by atoms with E-state index in [1.165, 1.54) is 0 Å². The minimum Gasteiger partial charge on any atom is -0.394 e. The second-order valence-corrected chi connectivity index (χ2v) is 3.81. The number of hydrogen-bond donors (Lipinski definition) is 2. The van der Waals surface area contributed by atoms with E-state index in [-0.39, 0.29) is 12.5 Å². The first-order chi connectivity index (χ1) is 7.81. The van der Waals surface area contributed by atoms with Crippen LogP contribution in [0.5, 0.6) is 0 Å². The first-order valence-corrected chi connectivity index (χ1v) is 5.33. The van der Waals surface area contributed by atoms with Crippen LogP contribution in [-0.2, 0) is 11.3 Å². The lowest BCUT2D eigenvalue weighted by Gasteiger charge is -2.32. The molecule has 5 nitrogen and oxygen atoms in total. The Morgan fingerprint density at radius 1 is 1.62 bits per heavy atom. The van der Waals surface area contributed by atoms with Crippen LogP contribution in [0.15, 0.2) is 24.5 Å². The summed E-state index contributed by atoms with van der Waals surface area (Å²) in [5, 5.41) is 12.0. The van der Waals surface area contributed by atoms with E-state index in [0.717, 1.165) is 12.1 Å². The van der Waals surface area contributed by atoms with Crippen LogP contribution in [0.2, 0.25) is 0 Å². The van der Waals surface area contributed by atoms with Gasteiger partial charge in [0, 0.05) is 32.0 Å². The number of pyridine rings is 1. The van der Waals surface area contributed by atoms with Gasteiger partial charge in [0.25, 0.3) is 0 Å². The van der Waals surface area contributed by atoms with Gasteiger partial charge in [0.15, 0.2) is 0 Å². The van der Waals surface area contributed by atoms with E-state index in [1.807, 2.05) is 12.1 Å². The Bertz CT molecular complexity index is 356. The van der Waals surface area contributed by atoms with Crippen molar-refractivity contribution >= 4 is 5.91 Å². The van der Waals surface area contributed by atoms with Gasteiger partial charge in [-0.1, -0.05) is 6.07 Å². The summed E-state index contributed by atoms with van der Waals surface area (Å²) in [5.41, 5.74) is 1.01. The van der Waals surface area contributed by atoms with Crippen LogP contribution in [0.1, 0.15) is 5.56 Å². The molecule has 1 unspecified atom stereocenters. The van der Waals surface area contributed by atoms with Crippen LogP contribution < -0.4 is 5.32 Å². The van der Waals surface area contributed by atoms with Crippen LogP contribution in [0, 0.1) is 0 Å². The third-order valence-corrected chi connectivity index (χ3v) is 2.66. The molecule has 86 valence electrons. The molecule has 2 N–H and O–H groups in total. The van der Waals surface area contributed by atoms with E-state index in [1.54, 1.807) is 17.3 Å². The molecule has 2 rings (SSSR count). The van der Waals surface area contributed by atoms with E-state index in [9.17, 15) is 4.79 Å². The Labute approximate surface area is 94.1 Å². The molecule has 1 amide bonds. The normalized spacial score (nSPS) is 21.2. The monoisotopic (exact) mass is 221 g/mol. The van der Waals surface area contributed by atoms with Gasteiger partial charge in [-0.15, -0.1) is 0 Å². The molecule has 1 aromatic rings. The zero-order chi connectivity index (χ0) is 11.4. The fraction of sp³-hybridized carbons (Fsp3) is 0.455. The lowest BCUT2D eigenvalue weighted by Crippen LogP contribution is -2.56. The Hall–Kier alpha value is -1.46. The number of carbonyl (C=O) groups excluding carboxylic acids is 1. The first kappa shape index (κ1) is 11.0. The molecule has 1 fully saturated rings. The van der Waals surface area contributed by atoms with E-state index >= 15 is 0 Å². The van der Waals surface area contributed by atoms with Gasteiger partial charge in [0.1, 0.15) is 6.04 Å². The number of aliphatic hydroxyl groups excluding tert-OH is 1. The molecule has 1 saturated heterocycles. The molecule has 2 heterocycles. The summed E-state index contributed by atoms with van der Waals surface area (Å²) < 4.78 is 0. The minimum atomic E-state index is -0.453. The van der Waals surface area contributed by atoms with Gasteiger partial charge in [0.05, 0.1) is 6.61 Å². The highest BCUT2D eigenvalue weighted by atomic mass is 16.3. The van der Waals surface area contributed by atoms with Gasteiger partial charge in [-0.25, -0.2) is 0 Å². The maximum atomic E-state index is 11.8. The van der Waals surface area contributed by atoms with Crippen molar-refractivity contribution in [2.45, 2.75) is 12.6 Å². The molecule has 0 aliphatic carbocycles. The molecular formula is C11H15N3O2. The van der Waals surface area contributed by atoms with Gasteiger partial charge >= 0.3 is 0 Å². The fourth-order valence-electron chi connectivity index (χ4n) is 1.80. The molecule has 0 bridgehead atoms. The van der Waals surface area contributed by atoms with E-state index in [2.05, 4.69) is 10.3 Å². The number of nitrogens with one attached hydrogen (secondary N) is 1. The minimum absolute atomic E-state index is 0.0439. The van der Waals surface area contributed by atoms with Crippen LogP contribution in [0.4, 0.5) is 0 Å². The number of rotatable bonds is 3. The third kappa shape index (κ3) is 2.37. The molecule has 0 radical (unpaired) electrons. The molecular weight excluding hydrogens is 206 g/mol. The highest BCUT2D eigenvalue weighted by Crippen LogP contribution is 2.07. The summed E-state index contributed by atoms with van der Waals surface area (Å²) in [7, 11) is 0. The average Bonchev–Trinajstić information content (AvgIpc) is 2.33. The van der Waals surface area contributed by atoms with E-state index < -0.39 is 6.04 Å². The van der Waals surface area contributed by atoms with Gasteiger partial charge in [-0.3, -0.25) is 9.78 Å². The summed E-state index contributed by atoms with van der Waals surface area (Å²) in [6.07, 6.45) is 3.46. The molecule has 1 aliphatic heterocycles. The molecule has 1 aliphatic rings. The van der Waals surface area contributed by atoms with Gasteiger partial charge in [-0.05, 0) is 11.6 Å². The van der Waals surface area contributed by atoms with Crippen LogP contribution in [0.25, 0.3) is 0 Å². The quantitative estimate of drug-likeness (QED) is 0.713. The third-order valence-electron chi connectivity index (χ3n) is 2.66. The highest BCUT2D eigenvalue weighted by molar-refractivity contribution is 5.82. The predicted molar refractivity (Wildman–Crippen MR) is 58.5 cm³/mol. The molecule has 16 heavy (non-hydrogen) atoms. The summed E-state index contributed by atoms with van der Waals surface area (Å²) in [6, 6.07) is 3.34. The second kappa shape index (κ2) is 5.05. The van der Waals surface area contributed by atoms with Crippen molar-refractivity contribution in [1.82, 2.24) is 15.2 Å². The lowest BCUT2D eigenvalue weighted by molar-refractivity contribution is -0.137. The van der Waals surface area contributed by atoms with Crippen molar-refractivity contribution in [2.75, 3.05) is 19.7 Å². The number of amides is 1. The van der Waals surface area contributed by atoms with Gasteiger partial charge < -0.3 is 15.3 Å². The Morgan fingerprint density at radius 2 is 2.50 bits per heavy atom.